The molecule has 0 aliphatic carbocycles. The molecule has 1 unspecified atom stereocenters. The van der Waals surface area contributed by atoms with Gasteiger partial charge in [0.05, 0.1) is 36.2 Å². The van der Waals surface area contributed by atoms with Gasteiger partial charge in [0.1, 0.15) is 18.1 Å². The van der Waals surface area contributed by atoms with Crippen molar-refractivity contribution in [2.75, 3.05) is 26.3 Å². The van der Waals surface area contributed by atoms with Crippen molar-refractivity contribution >= 4 is 22.1 Å². The van der Waals surface area contributed by atoms with Gasteiger partial charge in [0.15, 0.2) is 6.29 Å². The fourth-order valence-electron chi connectivity index (χ4n) is 6.58. The number of amides is 1. The first-order valence-corrected chi connectivity index (χ1v) is 19.1. The fourth-order valence-corrected chi connectivity index (χ4v) is 8.20. The maximum atomic E-state index is 14.1. The number of alkyl carbamates (subject to hydrolysis) is 1. The molecule has 6 atom stereocenters. The number of fused-ring (bicyclic) bond motifs is 1. The minimum absolute atomic E-state index is 0.0152. The van der Waals surface area contributed by atoms with Gasteiger partial charge in [-0.2, -0.15) is 4.31 Å². The van der Waals surface area contributed by atoms with E-state index in [9.17, 15) is 23.1 Å². The maximum absolute atomic E-state index is 14.1. The van der Waals surface area contributed by atoms with Crippen LogP contribution < -0.4 is 5.32 Å². The van der Waals surface area contributed by atoms with Gasteiger partial charge < -0.3 is 33.8 Å². The van der Waals surface area contributed by atoms with Gasteiger partial charge in [0.2, 0.25) is 22.0 Å². The zero-order valence-electron chi connectivity index (χ0n) is 29.9. The molecule has 2 aliphatic rings. The molecule has 0 saturated carbocycles. The summed E-state index contributed by atoms with van der Waals surface area (Å²) in [5.74, 6) is -0.460. The van der Waals surface area contributed by atoms with E-state index in [1.165, 1.54) is 29.6 Å². The SMILES string of the molecule is CC(=O)OC(c1ccccc1)c1nc(-c2ccc(S(=O)(=O)N(CC(C)C)C[C@@H](O)[C@H](Cc3ccccc3)NC(=O)O[C@H]3CO[C@H]4OCC[C@H]43)cc2)co1. The number of nitrogens with one attached hydrogen (secondary N) is 1. The molecular formula is C39H45N3O10S. The number of hydrogen-bond donors (Lipinski definition) is 2. The standard InChI is InChI=1S/C39H45N3O10S/c1-25(2)21-42(22-34(44)32(20-27-10-6-4-7-11-27)41-39(45)52-35-24-50-38-31(35)18-19-48-38)53(46,47)30-16-14-28(15-17-30)33-23-49-37(40-33)36(51-26(3)43)29-12-8-5-9-13-29/h4-17,23,25,31-32,34-36,38,44H,18-22,24H2,1-3H3,(H,41,45)/t31-,32-,34+,35-,36?,38+/m0/s1. The van der Waals surface area contributed by atoms with Gasteiger partial charge in [-0.1, -0.05) is 86.6 Å². The van der Waals surface area contributed by atoms with Crippen LogP contribution in [-0.2, 0) is 40.2 Å². The Labute approximate surface area is 309 Å². The largest absolute Gasteiger partial charge is 0.448 e. The van der Waals surface area contributed by atoms with E-state index < -0.39 is 52.7 Å². The molecule has 0 bridgehead atoms. The van der Waals surface area contributed by atoms with Gasteiger partial charge in [-0.15, -0.1) is 0 Å². The number of ether oxygens (including phenoxy) is 4. The van der Waals surface area contributed by atoms with Crippen LogP contribution in [0.2, 0.25) is 0 Å². The van der Waals surface area contributed by atoms with Crippen LogP contribution in [0.15, 0.2) is 101 Å². The average molecular weight is 748 g/mol. The summed E-state index contributed by atoms with van der Waals surface area (Å²) in [6.45, 7) is 5.67. The van der Waals surface area contributed by atoms with Crippen molar-refractivity contribution in [2.45, 2.75) is 69.2 Å². The number of nitrogens with zero attached hydrogens (tertiary/aromatic N) is 2. The molecule has 3 aromatic carbocycles. The van der Waals surface area contributed by atoms with Crippen LogP contribution >= 0.6 is 0 Å². The molecule has 14 heteroatoms. The number of sulfonamides is 1. The zero-order valence-corrected chi connectivity index (χ0v) is 30.7. The monoisotopic (exact) mass is 747 g/mol. The molecule has 13 nitrogen and oxygen atoms in total. The van der Waals surface area contributed by atoms with Crippen LogP contribution in [-0.4, -0.2) is 85.7 Å². The highest BCUT2D eigenvalue weighted by Crippen LogP contribution is 2.33. The number of carbonyl (C=O) groups is 2. The van der Waals surface area contributed by atoms with E-state index in [4.69, 9.17) is 23.4 Å². The van der Waals surface area contributed by atoms with E-state index in [1.807, 2.05) is 62.4 Å². The molecule has 282 valence electrons. The number of rotatable bonds is 15. The molecule has 3 heterocycles. The van der Waals surface area contributed by atoms with Crippen LogP contribution in [0, 0.1) is 11.8 Å². The van der Waals surface area contributed by atoms with Crippen LogP contribution in [0.25, 0.3) is 11.3 Å². The lowest BCUT2D eigenvalue weighted by molar-refractivity contribution is -0.145. The number of hydrogen-bond acceptors (Lipinski definition) is 11. The van der Waals surface area contributed by atoms with E-state index in [1.54, 1.807) is 24.3 Å². The van der Waals surface area contributed by atoms with Crippen LogP contribution in [0.3, 0.4) is 0 Å². The quantitative estimate of drug-likeness (QED) is 0.155. The second kappa shape index (κ2) is 17.0. The molecule has 2 aliphatic heterocycles. The first kappa shape index (κ1) is 38.1. The van der Waals surface area contributed by atoms with Crippen LogP contribution in [0.1, 0.15) is 50.3 Å². The molecule has 1 aromatic heterocycles. The molecule has 2 fully saturated rings. The molecule has 6 rings (SSSR count). The molecule has 53 heavy (non-hydrogen) atoms. The average Bonchev–Trinajstić information content (AvgIpc) is 3.90. The summed E-state index contributed by atoms with van der Waals surface area (Å²) in [6.07, 6.45) is -1.38. The summed E-state index contributed by atoms with van der Waals surface area (Å²) in [7, 11) is -4.11. The number of aromatic nitrogens is 1. The van der Waals surface area contributed by atoms with Crippen molar-refractivity contribution in [2.24, 2.45) is 11.8 Å². The van der Waals surface area contributed by atoms with Crippen molar-refractivity contribution in [1.29, 1.82) is 0 Å². The van der Waals surface area contributed by atoms with Gasteiger partial charge in [0, 0.05) is 31.1 Å². The summed E-state index contributed by atoms with van der Waals surface area (Å²) < 4.78 is 57.6. The number of oxazole rings is 1. The number of aliphatic hydroxyl groups excluding tert-OH is 1. The van der Waals surface area contributed by atoms with E-state index in [0.29, 0.717) is 29.8 Å². The maximum Gasteiger partial charge on any atom is 0.407 e. The lowest BCUT2D eigenvalue weighted by Crippen LogP contribution is -2.51. The molecule has 2 saturated heterocycles. The topological polar surface area (TPSA) is 167 Å². The molecule has 0 radical (unpaired) electrons. The molecule has 1 amide bonds. The highest BCUT2D eigenvalue weighted by atomic mass is 32.2. The Morgan fingerprint density at radius 2 is 1.68 bits per heavy atom. The summed E-state index contributed by atoms with van der Waals surface area (Å²) in [4.78, 5) is 29.6. The Kier molecular flexibility index (Phi) is 12.3. The third kappa shape index (κ3) is 9.50. The Hall–Kier alpha value is -4.60. The Balaban J connectivity index is 1.18. The predicted molar refractivity (Wildman–Crippen MR) is 193 cm³/mol. The van der Waals surface area contributed by atoms with Crippen molar-refractivity contribution in [3.63, 3.8) is 0 Å². The smallest absolute Gasteiger partial charge is 0.407 e. The van der Waals surface area contributed by atoms with Gasteiger partial charge >= 0.3 is 12.1 Å². The molecule has 0 spiro atoms. The third-order valence-electron chi connectivity index (χ3n) is 9.19. The summed E-state index contributed by atoms with van der Waals surface area (Å²) >= 11 is 0. The second-order valence-electron chi connectivity index (χ2n) is 13.7. The Bertz CT molecular complexity index is 1920. The van der Waals surface area contributed by atoms with Crippen molar-refractivity contribution in [1.82, 2.24) is 14.6 Å². The van der Waals surface area contributed by atoms with Gasteiger partial charge in [-0.25, -0.2) is 18.2 Å². The first-order valence-electron chi connectivity index (χ1n) is 17.7. The van der Waals surface area contributed by atoms with Gasteiger partial charge in [-0.3, -0.25) is 4.79 Å². The normalized spacial score (nSPS) is 20.2. The lowest BCUT2D eigenvalue weighted by Gasteiger charge is -2.31. The third-order valence-corrected chi connectivity index (χ3v) is 11.0. The van der Waals surface area contributed by atoms with Crippen molar-refractivity contribution in [3.8, 4) is 11.3 Å². The van der Waals surface area contributed by atoms with Crippen LogP contribution in [0.5, 0.6) is 0 Å². The Morgan fingerprint density at radius 1 is 0.981 bits per heavy atom. The van der Waals surface area contributed by atoms with Crippen LogP contribution in [0.4, 0.5) is 4.79 Å². The number of aliphatic hydroxyl groups is 1. The highest BCUT2D eigenvalue weighted by Gasteiger charge is 2.44. The summed E-state index contributed by atoms with van der Waals surface area (Å²) in [5.41, 5.74) is 2.54. The van der Waals surface area contributed by atoms with E-state index in [2.05, 4.69) is 10.3 Å². The number of carbonyl (C=O) groups excluding carboxylic acids is 2. The number of esters is 1. The Morgan fingerprint density at radius 3 is 2.36 bits per heavy atom. The van der Waals surface area contributed by atoms with Gasteiger partial charge in [0.25, 0.3) is 0 Å². The minimum atomic E-state index is -4.11. The molecule has 2 N–H and O–H groups in total. The van der Waals surface area contributed by atoms with Gasteiger partial charge in [-0.05, 0) is 36.5 Å². The second-order valence-corrected chi connectivity index (χ2v) is 15.6. The first-order chi connectivity index (χ1) is 25.5. The lowest BCUT2D eigenvalue weighted by atomic mass is 10.0. The van der Waals surface area contributed by atoms with E-state index >= 15 is 0 Å². The van der Waals surface area contributed by atoms with Crippen molar-refractivity contribution in [3.05, 3.63) is 108 Å². The number of benzene rings is 3. The zero-order chi connectivity index (χ0) is 37.5. The van der Waals surface area contributed by atoms with Crippen molar-refractivity contribution < 1.29 is 46.5 Å². The molecule has 4 aromatic rings. The van der Waals surface area contributed by atoms with E-state index in [-0.39, 0.29) is 48.7 Å². The van der Waals surface area contributed by atoms with E-state index in [0.717, 1.165) is 5.56 Å². The summed E-state index contributed by atoms with van der Waals surface area (Å²) in [6, 6.07) is 23.7. The highest BCUT2D eigenvalue weighted by molar-refractivity contribution is 7.89. The fraction of sp³-hybridized carbons (Fsp3) is 0.410. The molecular weight excluding hydrogens is 703 g/mol. The summed E-state index contributed by atoms with van der Waals surface area (Å²) in [5, 5.41) is 14.4. The minimum Gasteiger partial charge on any atom is -0.448 e. The predicted octanol–water partition coefficient (Wildman–Crippen LogP) is 5.10.